The lowest BCUT2D eigenvalue weighted by atomic mass is 10.3. The van der Waals surface area contributed by atoms with Gasteiger partial charge in [-0.3, -0.25) is 9.59 Å². The van der Waals surface area contributed by atoms with Gasteiger partial charge in [-0.1, -0.05) is 0 Å². The summed E-state index contributed by atoms with van der Waals surface area (Å²) in [5.41, 5.74) is 1.01. The van der Waals surface area contributed by atoms with Gasteiger partial charge in [0.15, 0.2) is 0 Å². The Morgan fingerprint density at radius 3 is 2.17 bits per heavy atom. The first kappa shape index (κ1) is 18.8. The van der Waals surface area contributed by atoms with E-state index in [1.807, 2.05) is 12.1 Å². The van der Waals surface area contributed by atoms with Gasteiger partial charge in [-0.25, -0.2) is 0 Å². The molecule has 0 atom stereocenters. The molecule has 0 aliphatic carbocycles. The van der Waals surface area contributed by atoms with Crippen LogP contribution in [0.2, 0.25) is 0 Å². The predicted molar refractivity (Wildman–Crippen MR) is 94.4 cm³/mol. The maximum absolute atomic E-state index is 10.7. The number of rotatable bonds is 2. The number of amides is 2. The van der Waals surface area contributed by atoms with Crippen molar-refractivity contribution in [3.8, 4) is 12.1 Å². The van der Waals surface area contributed by atoms with Crippen LogP contribution in [-0.2, 0) is 9.59 Å². The topological polar surface area (TPSA) is 106 Å². The minimum absolute atomic E-state index is 0.149. The minimum atomic E-state index is -0.166. The zero-order valence-electron chi connectivity index (χ0n) is 12.1. The number of nitrogens with one attached hydrogen (secondary N) is 2. The summed E-state index contributed by atoms with van der Waals surface area (Å²) in [5.74, 6) is -0.315. The highest BCUT2D eigenvalue weighted by Crippen LogP contribution is 2.31. The van der Waals surface area contributed by atoms with E-state index in [2.05, 4.69) is 26.6 Å². The Balaban J connectivity index is 0.000000231. The first-order valence-electron chi connectivity index (χ1n) is 6.09. The highest BCUT2D eigenvalue weighted by molar-refractivity contribution is 9.11. The van der Waals surface area contributed by atoms with Crippen molar-refractivity contribution in [1.82, 2.24) is 0 Å². The van der Waals surface area contributed by atoms with E-state index < -0.39 is 0 Å². The van der Waals surface area contributed by atoms with Gasteiger partial charge in [0.2, 0.25) is 11.8 Å². The molecule has 0 unspecified atom stereocenters. The van der Waals surface area contributed by atoms with Gasteiger partial charge < -0.3 is 10.6 Å². The average molecular weight is 411 g/mol. The molecule has 0 saturated carbocycles. The van der Waals surface area contributed by atoms with Crippen LogP contribution in [0.25, 0.3) is 0 Å². The van der Waals surface area contributed by atoms with E-state index in [0.717, 1.165) is 3.79 Å². The normalized spacial score (nSPS) is 8.91. The number of anilines is 2. The van der Waals surface area contributed by atoms with Crippen molar-refractivity contribution in [2.75, 3.05) is 10.6 Å². The lowest BCUT2D eigenvalue weighted by Crippen LogP contribution is -2.04. The molecule has 2 aromatic rings. The number of halogens is 1. The lowest BCUT2D eigenvalue weighted by Gasteiger charge is -1.95. The lowest BCUT2D eigenvalue weighted by molar-refractivity contribution is -0.115. The van der Waals surface area contributed by atoms with Crippen LogP contribution >= 0.6 is 38.6 Å². The van der Waals surface area contributed by atoms with Crippen LogP contribution in [0.3, 0.4) is 0 Å². The van der Waals surface area contributed by atoms with Gasteiger partial charge in [0.05, 0.1) is 14.9 Å². The standard InChI is InChI=1S/C7H5BrN2OS.C7H6N2OS/c1-4(11)10-7-5(3-9)2-6(8)12-7;1-5(10)9-7-6(4-8)2-3-11-7/h2H,1H3,(H,10,11);2-3H,1H3,(H,9,10). The molecule has 2 aromatic heterocycles. The van der Waals surface area contributed by atoms with E-state index in [1.165, 1.54) is 36.5 Å². The summed E-state index contributed by atoms with van der Waals surface area (Å²) in [6.07, 6.45) is 0. The van der Waals surface area contributed by atoms with Crippen LogP contribution in [0.1, 0.15) is 25.0 Å². The van der Waals surface area contributed by atoms with Crippen molar-refractivity contribution in [1.29, 1.82) is 10.5 Å². The average Bonchev–Trinajstić information content (AvgIpc) is 3.04. The van der Waals surface area contributed by atoms with E-state index >= 15 is 0 Å². The third kappa shape index (κ3) is 6.20. The van der Waals surface area contributed by atoms with Crippen LogP contribution in [0.4, 0.5) is 10.0 Å². The molecule has 0 saturated heterocycles. The molecule has 0 spiro atoms. The summed E-state index contributed by atoms with van der Waals surface area (Å²) in [6, 6.07) is 7.32. The van der Waals surface area contributed by atoms with Crippen molar-refractivity contribution in [3.05, 3.63) is 32.4 Å². The summed E-state index contributed by atoms with van der Waals surface area (Å²) >= 11 is 5.91. The summed E-state index contributed by atoms with van der Waals surface area (Å²) in [6.45, 7) is 2.83. The highest BCUT2D eigenvalue weighted by Gasteiger charge is 2.07. The SMILES string of the molecule is CC(=O)Nc1sc(Br)cc1C#N.CC(=O)Nc1sccc1C#N. The van der Waals surface area contributed by atoms with Crippen LogP contribution in [0.15, 0.2) is 21.3 Å². The molecule has 2 amide bonds. The Morgan fingerprint density at radius 1 is 1.09 bits per heavy atom. The second-order valence-electron chi connectivity index (χ2n) is 4.04. The Labute approximate surface area is 149 Å². The molecule has 0 aliphatic heterocycles. The molecule has 0 bridgehead atoms. The first-order valence-corrected chi connectivity index (χ1v) is 8.58. The zero-order valence-corrected chi connectivity index (χ0v) is 15.4. The molecule has 23 heavy (non-hydrogen) atoms. The van der Waals surface area contributed by atoms with E-state index in [0.29, 0.717) is 21.1 Å². The molecular formula is C14H11BrN4O2S2. The third-order valence-corrected chi connectivity index (χ3v) is 4.57. The number of carbonyl (C=O) groups excluding carboxylic acids is 2. The molecule has 2 heterocycles. The van der Waals surface area contributed by atoms with Gasteiger partial charge in [-0.15, -0.1) is 22.7 Å². The van der Waals surface area contributed by atoms with Crippen molar-refractivity contribution >= 4 is 60.4 Å². The Kier molecular flexibility index (Phi) is 7.42. The van der Waals surface area contributed by atoms with Crippen molar-refractivity contribution in [2.45, 2.75) is 13.8 Å². The van der Waals surface area contributed by atoms with Crippen LogP contribution in [0, 0.1) is 22.7 Å². The highest BCUT2D eigenvalue weighted by atomic mass is 79.9. The second-order valence-corrected chi connectivity index (χ2v) is 7.39. The summed E-state index contributed by atoms with van der Waals surface area (Å²) < 4.78 is 0.836. The van der Waals surface area contributed by atoms with Crippen molar-refractivity contribution < 1.29 is 9.59 Å². The van der Waals surface area contributed by atoms with Crippen molar-refractivity contribution in [3.63, 3.8) is 0 Å². The molecule has 9 heteroatoms. The monoisotopic (exact) mass is 410 g/mol. The number of thiophene rings is 2. The molecule has 6 nitrogen and oxygen atoms in total. The number of carbonyl (C=O) groups is 2. The molecular weight excluding hydrogens is 400 g/mol. The van der Waals surface area contributed by atoms with Crippen LogP contribution < -0.4 is 10.6 Å². The fraction of sp³-hybridized carbons (Fsp3) is 0.143. The molecule has 0 radical (unpaired) electrons. The molecule has 118 valence electrons. The number of nitrogens with zero attached hydrogens (tertiary/aromatic N) is 2. The van der Waals surface area contributed by atoms with Crippen LogP contribution in [0.5, 0.6) is 0 Å². The quantitative estimate of drug-likeness (QED) is 0.781. The maximum atomic E-state index is 10.7. The van der Waals surface area contributed by atoms with E-state index in [1.54, 1.807) is 17.5 Å². The van der Waals surface area contributed by atoms with Crippen LogP contribution in [-0.4, -0.2) is 11.8 Å². The minimum Gasteiger partial charge on any atom is -0.317 e. The van der Waals surface area contributed by atoms with Gasteiger partial charge in [-0.2, -0.15) is 10.5 Å². The predicted octanol–water partition coefficient (Wildman–Crippen LogP) is 3.92. The van der Waals surface area contributed by atoms with E-state index in [9.17, 15) is 9.59 Å². The van der Waals surface area contributed by atoms with Gasteiger partial charge >= 0.3 is 0 Å². The second kappa shape index (κ2) is 9.06. The summed E-state index contributed by atoms with van der Waals surface area (Å²) in [4.78, 5) is 21.2. The van der Waals surface area contributed by atoms with Gasteiger partial charge in [0.1, 0.15) is 22.1 Å². The third-order valence-electron chi connectivity index (χ3n) is 2.19. The maximum Gasteiger partial charge on any atom is 0.221 e. The van der Waals surface area contributed by atoms with Gasteiger partial charge in [0.25, 0.3) is 0 Å². The molecule has 0 aliphatic rings. The molecule has 2 N–H and O–H groups in total. The number of hydrogen-bond acceptors (Lipinski definition) is 6. The largest absolute Gasteiger partial charge is 0.317 e. The fourth-order valence-corrected chi connectivity index (χ4v) is 3.63. The van der Waals surface area contributed by atoms with Gasteiger partial charge in [-0.05, 0) is 33.4 Å². The fourth-order valence-electron chi connectivity index (χ4n) is 1.35. The van der Waals surface area contributed by atoms with E-state index in [4.69, 9.17) is 10.5 Å². The van der Waals surface area contributed by atoms with Gasteiger partial charge in [0, 0.05) is 13.8 Å². The van der Waals surface area contributed by atoms with Crippen molar-refractivity contribution in [2.24, 2.45) is 0 Å². The first-order chi connectivity index (χ1) is 10.9. The molecule has 2 rings (SSSR count). The Bertz CT molecular complexity index is 799. The molecule has 0 aromatic carbocycles. The number of nitriles is 2. The Hall–Kier alpha value is -2.20. The summed E-state index contributed by atoms with van der Waals surface area (Å²) in [7, 11) is 0. The molecule has 0 fully saturated rings. The Morgan fingerprint density at radius 2 is 1.65 bits per heavy atom. The summed E-state index contributed by atoms with van der Waals surface area (Å²) in [5, 5.41) is 25.3. The number of hydrogen-bond donors (Lipinski definition) is 2. The smallest absolute Gasteiger partial charge is 0.221 e. The van der Waals surface area contributed by atoms with E-state index in [-0.39, 0.29) is 11.8 Å². The zero-order chi connectivity index (χ0) is 17.4.